The van der Waals surface area contributed by atoms with Crippen LogP contribution in [0.4, 0.5) is 13.2 Å². The Morgan fingerprint density at radius 2 is 2.00 bits per heavy atom. The molecule has 100 valence electrons. The predicted molar refractivity (Wildman–Crippen MR) is 59.6 cm³/mol. The topological polar surface area (TPSA) is 67.8 Å². The van der Waals surface area contributed by atoms with E-state index in [1.807, 2.05) is 0 Å². The first kappa shape index (κ1) is 14.1. The molecule has 0 amide bonds. The van der Waals surface area contributed by atoms with Gasteiger partial charge in [-0.1, -0.05) is 17.3 Å². The van der Waals surface area contributed by atoms with Gasteiger partial charge in [-0.25, -0.2) is 0 Å². The molecule has 1 rings (SSSR count). The Kier molecular flexibility index (Phi) is 4.82. The van der Waals surface area contributed by atoms with Gasteiger partial charge in [-0.15, -0.1) is 0 Å². The number of amidine groups is 1. The maximum Gasteiger partial charge on any atom is 0.419 e. The summed E-state index contributed by atoms with van der Waals surface area (Å²) in [6.07, 6.45) is -3.82. The minimum absolute atomic E-state index is 0.0164. The van der Waals surface area contributed by atoms with Crippen LogP contribution in [0.2, 0.25) is 0 Å². The van der Waals surface area contributed by atoms with E-state index in [0.29, 0.717) is 6.42 Å². The summed E-state index contributed by atoms with van der Waals surface area (Å²) in [4.78, 5) is 0. The second-order valence-corrected chi connectivity index (χ2v) is 3.54. The quantitative estimate of drug-likeness (QED) is 0.282. The number of rotatable bonds is 5. The van der Waals surface area contributed by atoms with E-state index in [-0.39, 0.29) is 24.6 Å². The predicted octanol–water partition coefficient (Wildman–Crippen LogP) is 2.61. The summed E-state index contributed by atoms with van der Waals surface area (Å²) < 4.78 is 42.8. The summed E-state index contributed by atoms with van der Waals surface area (Å²) in [6.45, 7) is 0.0588. The molecular weight excluding hydrogens is 249 g/mol. The van der Waals surface area contributed by atoms with Crippen molar-refractivity contribution in [2.45, 2.75) is 19.0 Å². The molecule has 4 nitrogen and oxygen atoms in total. The van der Waals surface area contributed by atoms with Crippen molar-refractivity contribution in [1.29, 1.82) is 0 Å². The normalized spacial score (nSPS) is 12.5. The standard InChI is InChI=1S/C11H13F3N2O2/c12-11(13,14)8-4-1-2-5-9(8)18-7-3-6-10(15)16-17/h1-2,4-5,17H,3,6-7H2,(H2,15,16). The summed E-state index contributed by atoms with van der Waals surface area (Å²) in [5.74, 6) is -0.202. The third-order valence-electron chi connectivity index (χ3n) is 2.16. The molecule has 0 aliphatic carbocycles. The minimum atomic E-state index is -4.44. The fourth-order valence-electron chi connectivity index (χ4n) is 1.31. The molecule has 1 aromatic rings. The first-order chi connectivity index (χ1) is 8.45. The molecule has 0 unspecified atom stereocenters. The third kappa shape index (κ3) is 4.15. The second-order valence-electron chi connectivity index (χ2n) is 3.54. The summed E-state index contributed by atoms with van der Waals surface area (Å²) >= 11 is 0. The molecule has 1 aromatic carbocycles. The third-order valence-corrected chi connectivity index (χ3v) is 2.16. The maximum absolute atomic E-state index is 12.6. The van der Waals surface area contributed by atoms with Crippen LogP contribution >= 0.6 is 0 Å². The molecule has 0 atom stereocenters. The van der Waals surface area contributed by atoms with E-state index in [1.165, 1.54) is 18.2 Å². The van der Waals surface area contributed by atoms with E-state index in [0.717, 1.165) is 6.07 Å². The number of alkyl halides is 3. The number of halogens is 3. The smallest absolute Gasteiger partial charge is 0.419 e. The van der Waals surface area contributed by atoms with Gasteiger partial charge in [0.2, 0.25) is 0 Å². The zero-order chi connectivity index (χ0) is 13.6. The number of ether oxygens (including phenoxy) is 1. The van der Waals surface area contributed by atoms with Crippen LogP contribution in [0.5, 0.6) is 5.75 Å². The number of nitrogens with zero attached hydrogens (tertiary/aromatic N) is 1. The average molecular weight is 262 g/mol. The largest absolute Gasteiger partial charge is 0.493 e. The van der Waals surface area contributed by atoms with Crippen LogP contribution in [-0.2, 0) is 6.18 Å². The summed E-state index contributed by atoms with van der Waals surface area (Å²) in [7, 11) is 0. The van der Waals surface area contributed by atoms with Crippen LogP contribution in [0.15, 0.2) is 29.4 Å². The van der Waals surface area contributed by atoms with Gasteiger partial charge in [0.05, 0.1) is 12.2 Å². The first-order valence-corrected chi connectivity index (χ1v) is 5.20. The SMILES string of the molecule is N/C(CCCOc1ccccc1C(F)(F)F)=N\O. The summed E-state index contributed by atoms with van der Waals surface area (Å²) in [6, 6.07) is 4.98. The van der Waals surface area contributed by atoms with Crippen LogP contribution < -0.4 is 10.5 Å². The highest BCUT2D eigenvalue weighted by molar-refractivity contribution is 5.79. The molecule has 0 aromatic heterocycles. The molecule has 0 aliphatic rings. The molecule has 0 saturated heterocycles. The van der Waals surface area contributed by atoms with Crippen molar-refractivity contribution in [1.82, 2.24) is 0 Å². The Bertz CT molecular complexity index is 419. The van der Waals surface area contributed by atoms with Gasteiger partial charge in [0, 0.05) is 6.42 Å². The highest BCUT2D eigenvalue weighted by Gasteiger charge is 2.33. The van der Waals surface area contributed by atoms with Crippen LogP contribution in [0, 0.1) is 0 Å². The van der Waals surface area contributed by atoms with Gasteiger partial charge in [-0.05, 0) is 18.6 Å². The fraction of sp³-hybridized carbons (Fsp3) is 0.364. The van der Waals surface area contributed by atoms with Crippen molar-refractivity contribution in [3.63, 3.8) is 0 Å². The van der Waals surface area contributed by atoms with Crippen molar-refractivity contribution in [2.75, 3.05) is 6.61 Å². The number of oxime groups is 1. The van der Waals surface area contributed by atoms with Gasteiger partial charge >= 0.3 is 6.18 Å². The van der Waals surface area contributed by atoms with Gasteiger partial charge in [-0.3, -0.25) is 0 Å². The molecule has 0 fully saturated rings. The molecular formula is C11H13F3N2O2. The molecule has 0 aliphatic heterocycles. The summed E-state index contributed by atoms with van der Waals surface area (Å²) in [5, 5.41) is 11.0. The van der Waals surface area contributed by atoms with Gasteiger partial charge in [-0.2, -0.15) is 13.2 Å². The highest BCUT2D eigenvalue weighted by atomic mass is 19.4. The van der Waals surface area contributed by atoms with Gasteiger partial charge in [0.25, 0.3) is 0 Å². The molecule has 0 radical (unpaired) electrons. The first-order valence-electron chi connectivity index (χ1n) is 5.20. The van der Waals surface area contributed by atoms with E-state index in [4.69, 9.17) is 15.7 Å². The monoisotopic (exact) mass is 262 g/mol. The van der Waals surface area contributed by atoms with E-state index in [1.54, 1.807) is 0 Å². The summed E-state index contributed by atoms with van der Waals surface area (Å²) in [5.41, 5.74) is 4.40. The van der Waals surface area contributed by atoms with E-state index < -0.39 is 11.7 Å². The lowest BCUT2D eigenvalue weighted by molar-refractivity contribution is -0.138. The minimum Gasteiger partial charge on any atom is -0.493 e. The van der Waals surface area contributed by atoms with E-state index in [9.17, 15) is 13.2 Å². The van der Waals surface area contributed by atoms with E-state index in [2.05, 4.69) is 5.16 Å². The Hall–Kier alpha value is -1.92. The Morgan fingerprint density at radius 3 is 2.61 bits per heavy atom. The second kappa shape index (κ2) is 6.13. The van der Waals surface area contributed by atoms with Crippen molar-refractivity contribution in [3.8, 4) is 5.75 Å². The molecule has 0 heterocycles. The lowest BCUT2D eigenvalue weighted by Crippen LogP contribution is -2.14. The number of hydrogen-bond donors (Lipinski definition) is 2. The highest BCUT2D eigenvalue weighted by Crippen LogP contribution is 2.35. The van der Waals surface area contributed by atoms with Crippen molar-refractivity contribution in [3.05, 3.63) is 29.8 Å². The van der Waals surface area contributed by atoms with Gasteiger partial charge in [0.15, 0.2) is 0 Å². The molecule has 7 heteroatoms. The number of nitrogens with two attached hydrogens (primary N) is 1. The number of hydrogen-bond acceptors (Lipinski definition) is 3. The van der Waals surface area contributed by atoms with Crippen LogP contribution in [0.3, 0.4) is 0 Å². The lowest BCUT2D eigenvalue weighted by atomic mass is 10.2. The van der Waals surface area contributed by atoms with Crippen molar-refractivity contribution >= 4 is 5.84 Å². The van der Waals surface area contributed by atoms with Crippen molar-refractivity contribution in [2.24, 2.45) is 10.9 Å². The average Bonchev–Trinajstić information content (AvgIpc) is 2.33. The zero-order valence-electron chi connectivity index (χ0n) is 9.44. The Morgan fingerprint density at radius 1 is 1.33 bits per heavy atom. The van der Waals surface area contributed by atoms with Crippen LogP contribution in [-0.4, -0.2) is 17.6 Å². The maximum atomic E-state index is 12.6. The molecule has 3 N–H and O–H groups in total. The number of benzene rings is 1. The van der Waals surface area contributed by atoms with Crippen molar-refractivity contribution < 1.29 is 23.1 Å². The Balaban J connectivity index is 2.58. The molecule has 0 spiro atoms. The Labute approximate surface area is 102 Å². The van der Waals surface area contributed by atoms with E-state index >= 15 is 0 Å². The van der Waals surface area contributed by atoms with Crippen LogP contribution in [0.1, 0.15) is 18.4 Å². The fourth-order valence-corrected chi connectivity index (χ4v) is 1.31. The zero-order valence-corrected chi connectivity index (χ0v) is 9.44. The van der Waals surface area contributed by atoms with Crippen LogP contribution in [0.25, 0.3) is 0 Å². The molecule has 18 heavy (non-hydrogen) atoms. The van der Waals surface area contributed by atoms with Gasteiger partial charge in [0.1, 0.15) is 11.6 Å². The molecule has 0 saturated carbocycles. The number of para-hydroxylation sites is 1. The lowest BCUT2D eigenvalue weighted by Gasteiger charge is -2.13. The molecule has 0 bridgehead atoms. The van der Waals surface area contributed by atoms with Gasteiger partial charge < -0.3 is 15.7 Å².